The predicted molar refractivity (Wildman–Crippen MR) is 130 cm³/mol. The maximum Gasteiger partial charge on any atom is 0.272 e. The van der Waals surface area contributed by atoms with Crippen molar-refractivity contribution in [3.63, 3.8) is 0 Å². The molecular weight excluding hydrogens is 386 g/mol. The van der Waals surface area contributed by atoms with E-state index in [0.29, 0.717) is 5.69 Å². The summed E-state index contributed by atoms with van der Waals surface area (Å²) in [4.78, 5) is 27.2. The van der Waals surface area contributed by atoms with Crippen LogP contribution in [0.15, 0.2) is 12.1 Å². The van der Waals surface area contributed by atoms with Gasteiger partial charge in [-0.25, -0.2) is 9.97 Å². The van der Waals surface area contributed by atoms with Gasteiger partial charge in [0.1, 0.15) is 17.0 Å². The van der Waals surface area contributed by atoms with E-state index in [9.17, 15) is 4.79 Å². The van der Waals surface area contributed by atoms with Crippen LogP contribution in [0.4, 0.5) is 0 Å². The van der Waals surface area contributed by atoms with Crippen LogP contribution >= 0.6 is 0 Å². The van der Waals surface area contributed by atoms with Crippen LogP contribution in [0, 0.1) is 6.92 Å². The molecular formula is C25H43N5O. The van der Waals surface area contributed by atoms with Crippen LogP contribution in [0.5, 0.6) is 0 Å². The number of nitrogens with zero attached hydrogens (tertiary/aromatic N) is 5. The number of aromatic nitrogens is 3. The largest absolute Gasteiger partial charge is 0.337 e. The summed E-state index contributed by atoms with van der Waals surface area (Å²) < 4.78 is 2.19. The molecule has 0 saturated carbocycles. The standard InChI is InChI=1S/C24H39N5O.CH4/c1-4-6-17-28(18-7-5-2)24(30)22-13-12-21-23(26-22)29(20(3)25-21)19-11-16-27-14-9-8-10-15-27;/h12-13H,4-11,14-19H2,1-3H3;1H4. The van der Waals surface area contributed by atoms with Crippen LogP contribution in [-0.2, 0) is 6.54 Å². The highest BCUT2D eigenvalue weighted by atomic mass is 16.2. The van der Waals surface area contributed by atoms with Gasteiger partial charge in [0.2, 0.25) is 0 Å². The zero-order valence-corrected chi connectivity index (χ0v) is 19.2. The van der Waals surface area contributed by atoms with E-state index in [1.54, 1.807) is 0 Å². The molecule has 2 aromatic heterocycles. The SMILES string of the molecule is C.CCCCN(CCCC)C(=O)c1ccc2nc(C)n(CCCN3CCCCC3)c2n1. The van der Waals surface area contributed by atoms with Gasteiger partial charge < -0.3 is 14.4 Å². The van der Waals surface area contributed by atoms with E-state index in [1.165, 1.54) is 32.4 Å². The topological polar surface area (TPSA) is 54.3 Å². The van der Waals surface area contributed by atoms with Gasteiger partial charge in [-0.3, -0.25) is 4.79 Å². The van der Waals surface area contributed by atoms with Gasteiger partial charge in [0.05, 0.1) is 0 Å². The molecule has 0 spiro atoms. The number of carbonyl (C=O) groups excluding carboxylic acids is 1. The second-order valence-corrected chi connectivity index (χ2v) is 8.61. The Bertz CT molecular complexity index is 802. The lowest BCUT2D eigenvalue weighted by molar-refractivity contribution is 0.0745. The van der Waals surface area contributed by atoms with E-state index in [-0.39, 0.29) is 13.3 Å². The van der Waals surface area contributed by atoms with E-state index in [0.717, 1.165) is 75.3 Å². The summed E-state index contributed by atoms with van der Waals surface area (Å²) >= 11 is 0. The number of carbonyl (C=O) groups is 1. The number of piperidine rings is 1. The zero-order chi connectivity index (χ0) is 21.3. The van der Waals surface area contributed by atoms with Crippen molar-refractivity contribution in [2.24, 2.45) is 0 Å². The van der Waals surface area contributed by atoms with Gasteiger partial charge in [0.25, 0.3) is 5.91 Å². The summed E-state index contributed by atoms with van der Waals surface area (Å²) in [5.41, 5.74) is 2.28. The third kappa shape index (κ3) is 6.76. The number of imidazole rings is 1. The summed E-state index contributed by atoms with van der Waals surface area (Å²) in [7, 11) is 0. The van der Waals surface area contributed by atoms with E-state index >= 15 is 0 Å². The Morgan fingerprint density at radius 3 is 2.29 bits per heavy atom. The second kappa shape index (κ2) is 12.8. The van der Waals surface area contributed by atoms with Crippen molar-refractivity contribution >= 4 is 17.1 Å². The normalized spacial score (nSPS) is 14.5. The fraction of sp³-hybridized carbons (Fsp3) is 0.720. The lowest BCUT2D eigenvalue weighted by Crippen LogP contribution is -2.33. The summed E-state index contributed by atoms with van der Waals surface area (Å²) in [6.45, 7) is 12.5. The lowest BCUT2D eigenvalue weighted by Gasteiger charge is -2.26. The number of pyridine rings is 1. The predicted octanol–water partition coefficient (Wildman–Crippen LogP) is 5.29. The molecule has 1 saturated heterocycles. The van der Waals surface area contributed by atoms with Crippen molar-refractivity contribution in [1.82, 2.24) is 24.3 Å². The minimum Gasteiger partial charge on any atom is -0.337 e. The number of aryl methyl sites for hydroxylation is 2. The molecule has 0 aromatic carbocycles. The molecule has 0 aliphatic carbocycles. The van der Waals surface area contributed by atoms with Crippen molar-refractivity contribution in [3.8, 4) is 0 Å². The molecule has 3 heterocycles. The smallest absolute Gasteiger partial charge is 0.272 e. The van der Waals surface area contributed by atoms with Gasteiger partial charge in [0.15, 0.2) is 5.65 Å². The molecule has 6 heteroatoms. The summed E-state index contributed by atoms with van der Waals surface area (Å²) in [5.74, 6) is 1.03. The summed E-state index contributed by atoms with van der Waals surface area (Å²) in [6.07, 6.45) is 9.35. The maximum absolute atomic E-state index is 13.2. The van der Waals surface area contributed by atoms with E-state index in [4.69, 9.17) is 4.98 Å². The number of hydrogen-bond acceptors (Lipinski definition) is 4. The molecule has 0 unspecified atom stereocenters. The monoisotopic (exact) mass is 429 g/mol. The van der Waals surface area contributed by atoms with Gasteiger partial charge in [-0.05, 0) is 70.8 Å². The second-order valence-electron chi connectivity index (χ2n) is 8.61. The Balaban J connectivity index is 0.00000341. The van der Waals surface area contributed by atoms with Crippen molar-refractivity contribution in [1.29, 1.82) is 0 Å². The Labute approximate surface area is 189 Å². The van der Waals surface area contributed by atoms with Crippen LogP contribution < -0.4 is 0 Å². The maximum atomic E-state index is 13.2. The van der Waals surface area contributed by atoms with Crippen molar-refractivity contribution in [2.45, 2.75) is 86.1 Å². The fourth-order valence-corrected chi connectivity index (χ4v) is 4.31. The van der Waals surface area contributed by atoms with Gasteiger partial charge in [-0.2, -0.15) is 0 Å². The van der Waals surface area contributed by atoms with Gasteiger partial charge in [-0.15, -0.1) is 0 Å². The molecule has 0 radical (unpaired) electrons. The van der Waals surface area contributed by atoms with Crippen molar-refractivity contribution < 1.29 is 4.79 Å². The number of likely N-dealkylation sites (tertiary alicyclic amines) is 1. The van der Waals surface area contributed by atoms with Crippen LogP contribution in [0.1, 0.15) is 89.0 Å². The van der Waals surface area contributed by atoms with E-state index in [2.05, 4.69) is 28.3 Å². The molecule has 6 nitrogen and oxygen atoms in total. The minimum atomic E-state index is 0. The van der Waals surface area contributed by atoms with Gasteiger partial charge >= 0.3 is 0 Å². The highest BCUT2D eigenvalue weighted by Crippen LogP contribution is 2.17. The van der Waals surface area contributed by atoms with Gasteiger partial charge in [0, 0.05) is 19.6 Å². The number of amides is 1. The third-order valence-electron chi connectivity index (χ3n) is 6.16. The molecule has 1 fully saturated rings. The molecule has 0 bridgehead atoms. The first-order chi connectivity index (χ1) is 14.6. The Hall–Kier alpha value is -1.95. The first-order valence-corrected chi connectivity index (χ1v) is 12.0. The molecule has 174 valence electrons. The summed E-state index contributed by atoms with van der Waals surface area (Å²) in [5, 5.41) is 0. The van der Waals surface area contributed by atoms with Crippen LogP contribution in [-0.4, -0.2) is 63.0 Å². The number of fused-ring (bicyclic) bond motifs is 1. The van der Waals surface area contributed by atoms with Crippen LogP contribution in [0.3, 0.4) is 0 Å². The van der Waals surface area contributed by atoms with Crippen LogP contribution in [0.25, 0.3) is 11.2 Å². The average molecular weight is 430 g/mol. The first kappa shape index (κ1) is 25.3. The molecule has 3 rings (SSSR count). The van der Waals surface area contributed by atoms with E-state index < -0.39 is 0 Å². The molecule has 1 amide bonds. The third-order valence-corrected chi connectivity index (χ3v) is 6.16. The highest BCUT2D eigenvalue weighted by Gasteiger charge is 2.19. The number of unbranched alkanes of at least 4 members (excludes halogenated alkanes) is 2. The molecule has 31 heavy (non-hydrogen) atoms. The molecule has 0 atom stereocenters. The lowest BCUT2D eigenvalue weighted by atomic mass is 10.1. The molecule has 0 N–H and O–H groups in total. The average Bonchev–Trinajstić information content (AvgIpc) is 3.08. The Morgan fingerprint density at radius 2 is 1.65 bits per heavy atom. The zero-order valence-electron chi connectivity index (χ0n) is 19.2. The Morgan fingerprint density at radius 1 is 0.968 bits per heavy atom. The van der Waals surface area contributed by atoms with Crippen LogP contribution in [0.2, 0.25) is 0 Å². The van der Waals surface area contributed by atoms with E-state index in [1.807, 2.05) is 24.0 Å². The minimum absolute atomic E-state index is 0. The number of hydrogen-bond donors (Lipinski definition) is 0. The van der Waals surface area contributed by atoms with Crippen molar-refractivity contribution in [2.75, 3.05) is 32.7 Å². The Kier molecular flexibility index (Phi) is 10.4. The molecule has 2 aromatic rings. The molecule has 1 aliphatic heterocycles. The summed E-state index contributed by atoms with van der Waals surface area (Å²) in [6, 6.07) is 3.81. The van der Waals surface area contributed by atoms with Crippen molar-refractivity contribution in [3.05, 3.63) is 23.7 Å². The molecule has 1 aliphatic rings. The highest BCUT2D eigenvalue weighted by molar-refractivity contribution is 5.94. The van der Waals surface area contributed by atoms with Gasteiger partial charge in [-0.1, -0.05) is 40.5 Å². The number of rotatable bonds is 11. The quantitative estimate of drug-likeness (QED) is 0.487. The fourth-order valence-electron chi connectivity index (χ4n) is 4.31. The first-order valence-electron chi connectivity index (χ1n) is 12.0.